The van der Waals surface area contributed by atoms with Gasteiger partial charge in [-0.3, -0.25) is 10.1 Å². The van der Waals surface area contributed by atoms with Gasteiger partial charge in [0, 0.05) is 30.5 Å². The molecule has 6 heteroatoms. The molecule has 1 heterocycles. The molecule has 2 aliphatic rings. The third-order valence-electron chi connectivity index (χ3n) is 4.05. The maximum Gasteiger partial charge on any atom is 0.269 e. The van der Waals surface area contributed by atoms with Gasteiger partial charge in [-0.1, -0.05) is 23.9 Å². The summed E-state index contributed by atoms with van der Waals surface area (Å²) < 4.78 is 0. The first-order valence-corrected chi connectivity index (χ1v) is 8.53. The monoisotopic (exact) mass is 317 g/mol. The van der Waals surface area contributed by atoms with Crippen LogP contribution < -0.4 is 0 Å². The second-order valence-corrected chi connectivity index (χ2v) is 6.65. The summed E-state index contributed by atoms with van der Waals surface area (Å²) in [5.74, 6) is 1.05. The van der Waals surface area contributed by atoms with Gasteiger partial charge in [0.1, 0.15) is 0 Å². The summed E-state index contributed by atoms with van der Waals surface area (Å²) >= 11 is 1.77. The van der Waals surface area contributed by atoms with Crippen molar-refractivity contribution in [3.8, 4) is 0 Å². The highest BCUT2D eigenvalue weighted by Crippen LogP contribution is 2.30. The fraction of sp³-hybridized carbons (Fsp3) is 0.438. The maximum absolute atomic E-state index is 10.8. The first-order valence-electron chi connectivity index (χ1n) is 7.55. The lowest BCUT2D eigenvalue weighted by molar-refractivity contribution is -0.384. The highest BCUT2D eigenvalue weighted by molar-refractivity contribution is 8.14. The van der Waals surface area contributed by atoms with Gasteiger partial charge in [0.05, 0.1) is 10.6 Å². The lowest BCUT2D eigenvalue weighted by Crippen LogP contribution is -2.35. The predicted octanol–water partition coefficient (Wildman–Crippen LogP) is 4.05. The zero-order chi connectivity index (χ0) is 15.5. The van der Waals surface area contributed by atoms with E-state index in [-0.39, 0.29) is 10.6 Å². The van der Waals surface area contributed by atoms with Crippen molar-refractivity contribution in [2.45, 2.75) is 32.2 Å². The van der Waals surface area contributed by atoms with Crippen LogP contribution in [0.4, 0.5) is 11.4 Å². The molecule has 22 heavy (non-hydrogen) atoms. The van der Waals surface area contributed by atoms with Crippen LogP contribution in [-0.4, -0.2) is 33.3 Å². The lowest BCUT2D eigenvalue weighted by Gasteiger charge is -2.28. The van der Waals surface area contributed by atoms with Crippen LogP contribution in [0.25, 0.3) is 0 Å². The zero-order valence-electron chi connectivity index (χ0n) is 12.6. The largest absolute Gasteiger partial charge is 0.344 e. The molecule has 0 radical (unpaired) electrons. The summed E-state index contributed by atoms with van der Waals surface area (Å²) in [6.07, 6.45) is 8.12. The molecule has 0 aromatic heterocycles. The molecule has 1 unspecified atom stereocenters. The number of benzene rings is 1. The topological polar surface area (TPSA) is 58.7 Å². The molecule has 0 amide bonds. The summed E-state index contributed by atoms with van der Waals surface area (Å²) in [7, 11) is 0. The molecule has 1 aromatic rings. The molecular weight excluding hydrogens is 298 g/mol. The number of hydrogen-bond acceptors (Lipinski definition) is 4. The Labute approximate surface area is 134 Å². The van der Waals surface area contributed by atoms with Crippen LogP contribution in [0, 0.1) is 17.0 Å². The Morgan fingerprint density at radius 2 is 2.32 bits per heavy atom. The summed E-state index contributed by atoms with van der Waals surface area (Å²) in [5.41, 5.74) is 1.78. The Kier molecular flexibility index (Phi) is 4.47. The number of nitro groups is 1. The Hall–Kier alpha value is -1.82. The molecule has 0 bridgehead atoms. The normalized spacial score (nSPS) is 23.2. The molecule has 1 aromatic carbocycles. The van der Waals surface area contributed by atoms with Crippen molar-refractivity contribution < 1.29 is 4.92 Å². The average molecular weight is 317 g/mol. The fourth-order valence-corrected chi connectivity index (χ4v) is 3.88. The highest BCUT2D eigenvalue weighted by Gasteiger charge is 2.26. The van der Waals surface area contributed by atoms with E-state index >= 15 is 0 Å². The Bertz CT molecular complexity index is 642. The molecule has 1 saturated heterocycles. The van der Waals surface area contributed by atoms with Crippen molar-refractivity contribution >= 4 is 28.3 Å². The minimum Gasteiger partial charge on any atom is -0.344 e. The molecule has 3 rings (SSSR count). The Balaban J connectivity index is 1.85. The quantitative estimate of drug-likeness (QED) is 0.479. The van der Waals surface area contributed by atoms with Crippen molar-refractivity contribution in [1.82, 2.24) is 4.90 Å². The number of hydrogen-bond donors (Lipinski definition) is 0. The van der Waals surface area contributed by atoms with Crippen LogP contribution in [0.2, 0.25) is 0 Å². The first-order chi connectivity index (χ1) is 10.6. The van der Waals surface area contributed by atoms with Crippen molar-refractivity contribution in [1.29, 1.82) is 0 Å². The Morgan fingerprint density at radius 3 is 3.00 bits per heavy atom. The second-order valence-electron chi connectivity index (χ2n) is 5.59. The van der Waals surface area contributed by atoms with Crippen LogP contribution in [0.15, 0.2) is 35.3 Å². The molecule has 0 N–H and O–H groups in total. The van der Waals surface area contributed by atoms with Crippen LogP contribution in [-0.2, 0) is 0 Å². The van der Waals surface area contributed by atoms with Gasteiger partial charge in [-0.2, -0.15) is 0 Å². The van der Waals surface area contributed by atoms with E-state index in [4.69, 9.17) is 4.99 Å². The van der Waals surface area contributed by atoms with E-state index in [1.54, 1.807) is 23.9 Å². The number of nitro benzene ring substituents is 1. The molecule has 1 aliphatic carbocycles. The van der Waals surface area contributed by atoms with Gasteiger partial charge in [0.2, 0.25) is 0 Å². The maximum atomic E-state index is 10.8. The molecule has 0 saturated carbocycles. The van der Waals surface area contributed by atoms with Crippen LogP contribution in [0.5, 0.6) is 0 Å². The van der Waals surface area contributed by atoms with Gasteiger partial charge in [0.15, 0.2) is 5.17 Å². The molecule has 116 valence electrons. The number of allylic oxidation sites excluding steroid dienone is 1. The van der Waals surface area contributed by atoms with E-state index in [2.05, 4.69) is 17.1 Å². The number of nitrogens with zero attached hydrogens (tertiary/aromatic N) is 3. The van der Waals surface area contributed by atoms with Crippen LogP contribution >= 0.6 is 11.8 Å². The number of aryl methyl sites for hydroxylation is 1. The van der Waals surface area contributed by atoms with E-state index in [0.29, 0.717) is 6.04 Å². The van der Waals surface area contributed by atoms with Crippen molar-refractivity contribution in [2.75, 3.05) is 12.3 Å². The number of thioether (sulfide) groups is 1. The van der Waals surface area contributed by atoms with E-state index < -0.39 is 0 Å². The molecule has 1 aliphatic heterocycles. The SMILES string of the molecule is Cc1cc([N+](=O)[O-])ccc1N=C1SCCN1C1C=CCCC1. The van der Waals surface area contributed by atoms with Gasteiger partial charge < -0.3 is 4.90 Å². The van der Waals surface area contributed by atoms with Crippen molar-refractivity contribution in [3.05, 3.63) is 46.0 Å². The van der Waals surface area contributed by atoms with E-state index in [1.165, 1.54) is 25.3 Å². The number of aliphatic imine (C=N–C) groups is 1. The third kappa shape index (κ3) is 3.16. The number of amidine groups is 1. The summed E-state index contributed by atoms with van der Waals surface area (Å²) in [6.45, 7) is 2.89. The van der Waals surface area contributed by atoms with Crippen molar-refractivity contribution in [2.24, 2.45) is 4.99 Å². The molecule has 5 nitrogen and oxygen atoms in total. The number of rotatable bonds is 3. The molecular formula is C16H19N3O2S. The lowest BCUT2D eigenvalue weighted by atomic mass is 10.0. The van der Waals surface area contributed by atoms with E-state index in [1.807, 2.05) is 6.92 Å². The van der Waals surface area contributed by atoms with Crippen LogP contribution in [0.1, 0.15) is 24.8 Å². The second kappa shape index (κ2) is 6.52. The zero-order valence-corrected chi connectivity index (χ0v) is 13.4. The smallest absolute Gasteiger partial charge is 0.269 e. The van der Waals surface area contributed by atoms with Gasteiger partial charge in [-0.25, -0.2) is 4.99 Å². The first kappa shape index (κ1) is 15.1. The summed E-state index contributed by atoms with van der Waals surface area (Å²) in [6, 6.07) is 5.30. The molecule has 1 fully saturated rings. The highest BCUT2D eigenvalue weighted by atomic mass is 32.2. The van der Waals surface area contributed by atoms with Gasteiger partial charge >= 0.3 is 0 Å². The average Bonchev–Trinajstić information content (AvgIpc) is 2.98. The Morgan fingerprint density at radius 1 is 1.45 bits per heavy atom. The van der Waals surface area contributed by atoms with Crippen LogP contribution in [0.3, 0.4) is 0 Å². The van der Waals surface area contributed by atoms with Gasteiger partial charge in [0.25, 0.3) is 5.69 Å². The number of non-ortho nitro benzene ring substituents is 1. The van der Waals surface area contributed by atoms with E-state index in [0.717, 1.165) is 28.7 Å². The van der Waals surface area contributed by atoms with E-state index in [9.17, 15) is 10.1 Å². The van der Waals surface area contributed by atoms with Gasteiger partial charge in [-0.05, 0) is 37.8 Å². The summed E-state index contributed by atoms with van der Waals surface area (Å²) in [5, 5.41) is 11.9. The standard InChI is InChI=1S/C16H19N3O2S/c1-12-11-14(19(20)21)7-8-15(12)17-16-18(9-10-22-16)13-5-3-2-4-6-13/h3,5,7-8,11,13H,2,4,6,9-10H2,1H3. The minimum absolute atomic E-state index is 0.118. The third-order valence-corrected chi connectivity index (χ3v) is 5.02. The van der Waals surface area contributed by atoms with Crippen molar-refractivity contribution in [3.63, 3.8) is 0 Å². The molecule has 1 atom stereocenters. The minimum atomic E-state index is -0.368. The van der Waals surface area contributed by atoms with Gasteiger partial charge in [-0.15, -0.1) is 0 Å². The summed E-state index contributed by atoms with van der Waals surface area (Å²) in [4.78, 5) is 17.6. The predicted molar refractivity (Wildman–Crippen MR) is 90.9 cm³/mol. The molecule has 0 spiro atoms. The fourth-order valence-electron chi connectivity index (χ4n) is 2.85.